The fraction of sp³-hybridized carbons (Fsp3) is 0.500. The van der Waals surface area contributed by atoms with Crippen molar-refractivity contribution < 1.29 is 9.90 Å². The van der Waals surface area contributed by atoms with Crippen LogP contribution in [0.2, 0.25) is 0 Å². The van der Waals surface area contributed by atoms with Gasteiger partial charge in [-0.25, -0.2) is 4.79 Å². The zero-order valence-corrected chi connectivity index (χ0v) is 11.3. The van der Waals surface area contributed by atoms with Crippen LogP contribution in [0.3, 0.4) is 0 Å². The number of likely N-dealkylation sites (N-methyl/N-ethyl adjacent to an activating group) is 1. The fourth-order valence-corrected chi connectivity index (χ4v) is 2.41. The Morgan fingerprint density at radius 2 is 2.11 bits per heavy atom. The maximum absolute atomic E-state index is 10.9. The highest BCUT2D eigenvalue weighted by atomic mass is 16.4. The van der Waals surface area contributed by atoms with Crippen LogP contribution >= 0.6 is 0 Å². The minimum atomic E-state index is -0.983. The second kappa shape index (κ2) is 5.93. The molecule has 5 heteroatoms. The third-order valence-electron chi connectivity index (χ3n) is 3.66. The largest absolute Gasteiger partial charge is 0.478 e. The number of nitrogens with two attached hydrogens (primary N) is 1. The summed E-state index contributed by atoms with van der Waals surface area (Å²) >= 11 is 0. The Morgan fingerprint density at radius 3 is 2.68 bits per heavy atom. The molecule has 3 N–H and O–H groups in total. The molecule has 1 heterocycles. The van der Waals surface area contributed by atoms with E-state index in [1.807, 2.05) is 13.1 Å². The molecule has 0 radical (unpaired) electrons. The molecule has 0 aliphatic carbocycles. The first kappa shape index (κ1) is 13.7. The fourth-order valence-electron chi connectivity index (χ4n) is 2.41. The summed E-state index contributed by atoms with van der Waals surface area (Å²) in [6, 6.07) is 5.11. The Kier molecular flexibility index (Phi) is 4.27. The third-order valence-corrected chi connectivity index (χ3v) is 3.66. The normalized spacial score (nSPS) is 15.6. The lowest BCUT2D eigenvalue weighted by molar-refractivity contribution is 0.0698. The summed E-state index contributed by atoms with van der Waals surface area (Å²) in [5.74, 6) is -0.983. The number of aromatic carboxylic acids is 1. The number of carbonyl (C=O) groups is 1. The van der Waals surface area contributed by atoms with Gasteiger partial charge in [-0.1, -0.05) is 0 Å². The number of hydrogen-bond acceptors (Lipinski definition) is 4. The molecule has 5 nitrogen and oxygen atoms in total. The standard InChI is InChI=1S/C14H21N3O2/c1-16(8-9-17-6-2-3-7-17)11-4-5-12(14(18)19)13(15)10-11/h4-5,10H,2-3,6-9,15H2,1H3,(H,18,19). The molecule has 1 aliphatic rings. The summed E-state index contributed by atoms with van der Waals surface area (Å²) in [7, 11) is 2.01. The number of benzene rings is 1. The number of carboxylic acids is 1. The highest BCUT2D eigenvalue weighted by molar-refractivity contribution is 5.94. The Hall–Kier alpha value is -1.75. The number of anilines is 2. The molecule has 1 aromatic carbocycles. The zero-order valence-electron chi connectivity index (χ0n) is 11.3. The van der Waals surface area contributed by atoms with E-state index in [-0.39, 0.29) is 5.56 Å². The van der Waals surface area contributed by atoms with Gasteiger partial charge in [0.05, 0.1) is 5.56 Å². The van der Waals surface area contributed by atoms with E-state index >= 15 is 0 Å². The van der Waals surface area contributed by atoms with Gasteiger partial charge >= 0.3 is 5.97 Å². The highest BCUT2D eigenvalue weighted by Gasteiger charge is 2.13. The lowest BCUT2D eigenvalue weighted by atomic mass is 10.1. The highest BCUT2D eigenvalue weighted by Crippen LogP contribution is 2.20. The summed E-state index contributed by atoms with van der Waals surface area (Å²) in [5.41, 5.74) is 7.20. The molecule has 19 heavy (non-hydrogen) atoms. The molecular weight excluding hydrogens is 242 g/mol. The van der Waals surface area contributed by atoms with E-state index in [4.69, 9.17) is 10.8 Å². The van der Waals surface area contributed by atoms with Crippen LogP contribution in [0, 0.1) is 0 Å². The third kappa shape index (κ3) is 3.38. The lowest BCUT2D eigenvalue weighted by Crippen LogP contribution is -2.31. The van der Waals surface area contributed by atoms with E-state index in [1.165, 1.54) is 25.9 Å². The first-order valence-electron chi connectivity index (χ1n) is 6.64. The van der Waals surface area contributed by atoms with E-state index in [2.05, 4.69) is 9.80 Å². The lowest BCUT2D eigenvalue weighted by Gasteiger charge is -2.23. The number of nitrogen functional groups attached to an aromatic ring is 1. The number of carboxylic acid groups (broad SMARTS) is 1. The van der Waals surface area contributed by atoms with E-state index in [0.717, 1.165) is 18.8 Å². The molecule has 0 atom stereocenters. The summed E-state index contributed by atoms with van der Waals surface area (Å²) < 4.78 is 0. The Bertz CT molecular complexity index is 456. The van der Waals surface area contributed by atoms with Crippen LogP contribution in [0.1, 0.15) is 23.2 Å². The van der Waals surface area contributed by atoms with E-state index in [1.54, 1.807) is 12.1 Å². The molecule has 1 aromatic rings. The average molecular weight is 263 g/mol. The van der Waals surface area contributed by atoms with Crippen LogP contribution in [0.15, 0.2) is 18.2 Å². The Balaban J connectivity index is 1.96. The molecule has 1 aliphatic heterocycles. The zero-order chi connectivity index (χ0) is 13.8. The molecule has 2 rings (SSSR count). The molecule has 0 spiro atoms. The van der Waals surface area contributed by atoms with Gasteiger partial charge in [-0.2, -0.15) is 0 Å². The van der Waals surface area contributed by atoms with Crippen molar-refractivity contribution in [3.8, 4) is 0 Å². The quantitative estimate of drug-likeness (QED) is 0.788. The topological polar surface area (TPSA) is 69.8 Å². The predicted molar refractivity (Wildman–Crippen MR) is 76.8 cm³/mol. The second-order valence-electron chi connectivity index (χ2n) is 5.05. The molecule has 0 unspecified atom stereocenters. The van der Waals surface area contributed by atoms with Crippen molar-refractivity contribution in [2.24, 2.45) is 0 Å². The van der Waals surface area contributed by atoms with Gasteiger partial charge in [0.15, 0.2) is 0 Å². The van der Waals surface area contributed by atoms with Crippen LogP contribution in [-0.2, 0) is 0 Å². The van der Waals surface area contributed by atoms with Gasteiger partial charge in [-0.3, -0.25) is 0 Å². The smallest absolute Gasteiger partial charge is 0.337 e. The molecule has 0 saturated carbocycles. The van der Waals surface area contributed by atoms with Gasteiger partial charge in [0.2, 0.25) is 0 Å². The SMILES string of the molecule is CN(CCN1CCCC1)c1ccc(C(=O)O)c(N)c1. The van der Waals surface area contributed by atoms with Crippen molar-refractivity contribution in [3.63, 3.8) is 0 Å². The molecule has 104 valence electrons. The van der Waals surface area contributed by atoms with E-state index in [0.29, 0.717) is 5.69 Å². The first-order valence-corrected chi connectivity index (χ1v) is 6.64. The Morgan fingerprint density at radius 1 is 1.42 bits per heavy atom. The van der Waals surface area contributed by atoms with Gasteiger partial charge in [0, 0.05) is 31.5 Å². The second-order valence-corrected chi connectivity index (χ2v) is 5.05. The minimum Gasteiger partial charge on any atom is -0.478 e. The molecule has 1 fully saturated rings. The Labute approximate surface area is 113 Å². The van der Waals surface area contributed by atoms with Crippen molar-refractivity contribution >= 4 is 17.3 Å². The van der Waals surface area contributed by atoms with Gasteiger partial charge in [-0.15, -0.1) is 0 Å². The van der Waals surface area contributed by atoms with Gasteiger partial charge in [-0.05, 0) is 44.1 Å². The van der Waals surface area contributed by atoms with Crippen molar-refractivity contribution in [3.05, 3.63) is 23.8 Å². The predicted octanol–water partition coefficient (Wildman–Crippen LogP) is 1.50. The van der Waals surface area contributed by atoms with Crippen molar-refractivity contribution in [1.82, 2.24) is 4.90 Å². The average Bonchev–Trinajstić information content (AvgIpc) is 2.88. The summed E-state index contributed by atoms with van der Waals surface area (Å²) in [5, 5.41) is 8.94. The van der Waals surface area contributed by atoms with Crippen molar-refractivity contribution in [1.29, 1.82) is 0 Å². The van der Waals surface area contributed by atoms with Crippen LogP contribution in [-0.4, -0.2) is 49.2 Å². The van der Waals surface area contributed by atoms with Crippen LogP contribution in [0.25, 0.3) is 0 Å². The first-order chi connectivity index (χ1) is 9.08. The molecular formula is C14H21N3O2. The van der Waals surface area contributed by atoms with Gasteiger partial charge in [0.1, 0.15) is 0 Å². The molecule has 0 bridgehead atoms. The summed E-state index contributed by atoms with van der Waals surface area (Å²) in [4.78, 5) is 15.5. The van der Waals surface area contributed by atoms with Gasteiger partial charge in [0.25, 0.3) is 0 Å². The van der Waals surface area contributed by atoms with Crippen LogP contribution in [0.5, 0.6) is 0 Å². The molecule has 0 aromatic heterocycles. The maximum atomic E-state index is 10.9. The molecule has 0 amide bonds. The van der Waals surface area contributed by atoms with Crippen LogP contribution < -0.4 is 10.6 Å². The monoisotopic (exact) mass is 263 g/mol. The minimum absolute atomic E-state index is 0.164. The number of likely N-dealkylation sites (tertiary alicyclic amines) is 1. The van der Waals surface area contributed by atoms with Crippen molar-refractivity contribution in [2.75, 3.05) is 43.9 Å². The van der Waals surface area contributed by atoms with Crippen LogP contribution in [0.4, 0.5) is 11.4 Å². The number of nitrogens with zero attached hydrogens (tertiary/aromatic N) is 2. The molecule has 1 saturated heterocycles. The number of hydrogen-bond donors (Lipinski definition) is 2. The van der Waals surface area contributed by atoms with E-state index in [9.17, 15) is 4.79 Å². The van der Waals surface area contributed by atoms with Gasteiger partial charge < -0.3 is 20.6 Å². The summed E-state index contributed by atoms with van der Waals surface area (Å²) in [6.07, 6.45) is 2.59. The number of rotatable bonds is 5. The maximum Gasteiger partial charge on any atom is 0.337 e. The van der Waals surface area contributed by atoms with Crippen molar-refractivity contribution in [2.45, 2.75) is 12.8 Å². The van der Waals surface area contributed by atoms with E-state index < -0.39 is 5.97 Å². The summed E-state index contributed by atoms with van der Waals surface area (Å²) in [6.45, 7) is 4.34.